The van der Waals surface area contributed by atoms with Gasteiger partial charge < -0.3 is 10.1 Å². The Hall–Kier alpha value is -1.02. The van der Waals surface area contributed by atoms with Crippen LogP contribution in [0.25, 0.3) is 0 Å². The first-order valence-electron chi connectivity index (χ1n) is 8.68. The summed E-state index contributed by atoms with van der Waals surface area (Å²) in [4.78, 5) is 0. The maximum absolute atomic E-state index is 5.23. The van der Waals surface area contributed by atoms with Gasteiger partial charge in [0, 0.05) is 12.1 Å². The van der Waals surface area contributed by atoms with Crippen molar-refractivity contribution < 1.29 is 4.74 Å². The number of hydrogen-bond acceptors (Lipinski definition) is 2. The van der Waals surface area contributed by atoms with Crippen molar-refractivity contribution in [3.8, 4) is 5.75 Å². The van der Waals surface area contributed by atoms with E-state index in [1.54, 1.807) is 7.11 Å². The molecule has 2 aliphatic carbocycles. The molecule has 1 N–H and O–H groups in total. The molecule has 116 valence electrons. The average Bonchev–Trinajstić information content (AvgIpc) is 2.51. The van der Waals surface area contributed by atoms with Crippen molar-refractivity contribution >= 4 is 0 Å². The second-order valence-electron chi connectivity index (χ2n) is 6.93. The molecule has 1 aromatic rings. The third-order valence-corrected chi connectivity index (χ3v) is 5.62. The van der Waals surface area contributed by atoms with Gasteiger partial charge >= 0.3 is 0 Å². The summed E-state index contributed by atoms with van der Waals surface area (Å²) in [5.41, 5.74) is 1.48. The van der Waals surface area contributed by atoms with Gasteiger partial charge in [0.15, 0.2) is 0 Å². The van der Waals surface area contributed by atoms with Crippen LogP contribution in [0.15, 0.2) is 24.3 Å². The van der Waals surface area contributed by atoms with Gasteiger partial charge in [-0.3, -0.25) is 0 Å². The SMILES string of the molecule is CCC1CCC(NC2CC(c3ccc(OC)cc3)C2)CC1. The quantitative estimate of drug-likeness (QED) is 0.861. The summed E-state index contributed by atoms with van der Waals surface area (Å²) in [5, 5.41) is 3.90. The predicted octanol–water partition coefficient (Wildman–Crippen LogP) is 4.50. The molecule has 0 radical (unpaired) electrons. The van der Waals surface area contributed by atoms with Crippen LogP contribution in [0.5, 0.6) is 5.75 Å². The zero-order valence-corrected chi connectivity index (χ0v) is 13.5. The van der Waals surface area contributed by atoms with E-state index in [2.05, 4.69) is 36.5 Å². The van der Waals surface area contributed by atoms with E-state index < -0.39 is 0 Å². The largest absolute Gasteiger partial charge is 0.497 e. The zero-order valence-electron chi connectivity index (χ0n) is 13.5. The van der Waals surface area contributed by atoms with Crippen LogP contribution < -0.4 is 10.1 Å². The summed E-state index contributed by atoms with van der Waals surface area (Å²) in [6.07, 6.45) is 9.63. The summed E-state index contributed by atoms with van der Waals surface area (Å²) >= 11 is 0. The summed E-state index contributed by atoms with van der Waals surface area (Å²) in [6, 6.07) is 10.2. The van der Waals surface area contributed by atoms with Crippen LogP contribution in [0, 0.1) is 5.92 Å². The van der Waals surface area contributed by atoms with Crippen LogP contribution in [0.2, 0.25) is 0 Å². The van der Waals surface area contributed by atoms with Crippen molar-refractivity contribution in [3.05, 3.63) is 29.8 Å². The van der Waals surface area contributed by atoms with Gasteiger partial charge in [0.1, 0.15) is 5.75 Å². The number of methoxy groups -OCH3 is 1. The van der Waals surface area contributed by atoms with E-state index >= 15 is 0 Å². The molecule has 0 amide bonds. The Labute approximate surface area is 129 Å². The normalized spacial score (nSPS) is 32.5. The van der Waals surface area contributed by atoms with Crippen LogP contribution in [0.4, 0.5) is 0 Å². The minimum atomic E-state index is 0.750. The molecule has 0 bridgehead atoms. The molecule has 0 saturated heterocycles. The maximum atomic E-state index is 5.23. The monoisotopic (exact) mass is 287 g/mol. The minimum absolute atomic E-state index is 0.750. The molecule has 2 saturated carbocycles. The van der Waals surface area contributed by atoms with Gasteiger partial charge in [-0.05, 0) is 68.1 Å². The standard InChI is InChI=1S/C19H29NO/c1-3-14-4-8-17(9-5-14)20-18-12-16(13-18)15-6-10-19(21-2)11-7-15/h6-7,10-11,14,16-18,20H,3-5,8-9,12-13H2,1-2H3. The number of rotatable bonds is 5. The molecular formula is C19H29NO. The maximum Gasteiger partial charge on any atom is 0.118 e. The molecule has 0 heterocycles. The lowest BCUT2D eigenvalue weighted by atomic mass is 9.75. The van der Waals surface area contributed by atoms with Crippen molar-refractivity contribution in [1.29, 1.82) is 0 Å². The third kappa shape index (κ3) is 3.60. The van der Waals surface area contributed by atoms with Gasteiger partial charge in [0.05, 0.1) is 7.11 Å². The van der Waals surface area contributed by atoms with E-state index in [1.165, 1.54) is 50.5 Å². The Morgan fingerprint density at radius 1 is 1.00 bits per heavy atom. The van der Waals surface area contributed by atoms with E-state index in [-0.39, 0.29) is 0 Å². The summed E-state index contributed by atoms with van der Waals surface area (Å²) in [6.45, 7) is 2.34. The van der Waals surface area contributed by atoms with Gasteiger partial charge in [-0.15, -0.1) is 0 Å². The van der Waals surface area contributed by atoms with Gasteiger partial charge in [-0.25, -0.2) is 0 Å². The molecule has 0 aliphatic heterocycles. The number of nitrogens with one attached hydrogen (secondary N) is 1. The fourth-order valence-corrected chi connectivity index (χ4v) is 3.97. The second-order valence-corrected chi connectivity index (χ2v) is 6.93. The molecule has 0 aromatic heterocycles. The molecule has 3 rings (SSSR count). The predicted molar refractivity (Wildman–Crippen MR) is 87.9 cm³/mol. The molecule has 0 unspecified atom stereocenters. The highest BCUT2D eigenvalue weighted by Gasteiger charge is 2.32. The highest BCUT2D eigenvalue weighted by molar-refractivity contribution is 5.30. The second kappa shape index (κ2) is 6.83. The molecule has 0 atom stereocenters. The smallest absolute Gasteiger partial charge is 0.118 e. The van der Waals surface area contributed by atoms with Crippen molar-refractivity contribution in [2.75, 3.05) is 7.11 Å². The number of hydrogen-bond donors (Lipinski definition) is 1. The Morgan fingerprint density at radius 3 is 2.24 bits per heavy atom. The van der Waals surface area contributed by atoms with Crippen LogP contribution in [-0.4, -0.2) is 19.2 Å². The molecule has 2 heteroatoms. The van der Waals surface area contributed by atoms with Crippen LogP contribution in [-0.2, 0) is 0 Å². The first-order chi connectivity index (χ1) is 10.3. The summed E-state index contributed by atoms with van der Waals surface area (Å²) in [7, 11) is 1.73. The topological polar surface area (TPSA) is 21.3 Å². The van der Waals surface area contributed by atoms with Gasteiger partial charge in [-0.1, -0.05) is 25.5 Å². The molecule has 2 aliphatic rings. The fourth-order valence-electron chi connectivity index (χ4n) is 3.97. The fraction of sp³-hybridized carbons (Fsp3) is 0.684. The Bertz CT molecular complexity index is 427. The number of ether oxygens (including phenoxy) is 1. The Morgan fingerprint density at radius 2 is 1.67 bits per heavy atom. The molecule has 2 nitrogen and oxygen atoms in total. The van der Waals surface area contributed by atoms with E-state index in [9.17, 15) is 0 Å². The van der Waals surface area contributed by atoms with Crippen molar-refractivity contribution in [2.45, 2.75) is 69.9 Å². The zero-order chi connectivity index (χ0) is 14.7. The van der Waals surface area contributed by atoms with E-state index in [0.29, 0.717) is 0 Å². The highest BCUT2D eigenvalue weighted by Crippen LogP contribution is 2.38. The van der Waals surface area contributed by atoms with Gasteiger partial charge in [0.2, 0.25) is 0 Å². The Balaban J connectivity index is 1.41. The van der Waals surface area contributed by atoms with E-state index in [1.807, 2.05) is 0 Å². The average molecular weight is 287 g/mol. The lowest BCUT2D eigenvalue weighted by Crippen LogP contribution is -2.46. The lowest BCUT2D eigenvalue weighted by Gasteiger charge is -2.40. The van der Waals surface area contributed by atoms with E-state index in [0.717, 1.165) is 29.7 Å². The molecule has 21 heavy (non-hydrogen) atoms. The lowest BCUT2D eigenvalue weighted by molar-refractivity contribution is 0.215. The molecule has 2 fully saturated rings. The van der Waals surface area contributed by atoms with Crippen molar-refractivity contribution in [1.82, 2.24) is 5.32 Å². The van der Waals surface area contributed by atoms with E-state index in [4.69, 9.17) is 4.74 Å². The summed E-state index contributed by atoms with van der Waals surface area (Å²) < 4.78 is 5.23. The van der Waals surface area contributed by atoms with Gasteiger partial charge in [-0.2, -0.15) is 0 Å². The third-order valence-electron chi connectivity index (χ3n) is 5.62. The van der Waals surface area contributed by atoms with Crippen LogP contribution in [0.1, 0.15) is 63.4 Å². The van der Waals surface area contributed by atoms with Crippen molar-refractivity contribution in [3.63, 3.8) is 0 Å². The molecule has 0 spiro atoms. The van der Waals surface area contributed by atoms with Crippen molar-refractivity contribution in [2.24, 2.45) is 5.92 Å². The number of benzene rings is 1. The molecule has 1 aromatic carbocycles. The van der Waals surface area contributed by atoms with Crippen LogP contribution in [0.3, 0.4) is 0 Å². The van der Waals surface area contributed by atoms with Crippen LogP contribution >= 0.6 is 0 Å². The first kappa shape index (κ1) is 14.9. The highest BCUT2D eigenvalue weighted by atomic mass is 16.5. The Kier molecular flexibility index (Phi) is 4.84. The van der Waals surface area contributed by atoms with Gasteiger partial charge in [0.25, 0.3) is 0 Å². The first-order valence-corrected chi connectivity index (χ1v) is 8.68. The minimum Gasteiger partial charge on any atom is -0.497 e. The molecular weight excluding hydrogens is 258 g/mol. The summed E-state index contributed by atoms with van der Waals surface area (Å²) in [5.74, 6) is 2.71.